The number of benzene rings is 1. The number of amides is 1. The highest BCUT2D eigenvalue weighted by molar-refractivity contribution is 5.92. The second-order valence-corrected chi connectivity index (χ2v) is 8.04. The van der Waals surface area contributed by atoms with Crippen LogP contribution in [0.1, 0.15) is 44.1 Å². The first kappa shape index (κ1) is 20.3. The lowest BCUT2D eigenvalue weighted by Crippen LogP contribution is -2.49. The van der Waals surface area contributed by atoms with Gasteiger partial charge in [0, 0.05) is 18.7 Å². The molecule has 1 aliphatic heterocycles. The second kappa shape index (κ2) is 9.15. The van der Waals surface area contributed by atoms with E-state index in [0.717, 1.165) is 19.0 Å². The van der Waals surface area contributed by atoms with E-state index < -0.39 is 0 Å². The maximum atomic E-state index is 12.7. The Hall–Kier alpha value is -2.47. The zero-order chi connectivity index (χ0) is 20.1. The van der Waals surface area contributed by atoms with E-state index in [2.05, 4.69) is 36.1 Å². The lowest BCUT2D eigenvalue weighted by Gasteiger charge is -2.38. The molecular weight excluding hydrogens is 352 g/mol. The summed E-state index contributed by atoms with van der Waals surface area (Å²) in [4.78, 5) is 27.3. The van der Waals surface area contributed by atoms with Gasteiger partial charge in [0.05, 0.1) is 5.69 Å². The molecule has 1 unspecified atom stereocenters. The molecule has 150 valence electrons. The molecule has 0 spiro atoms. The van der Waals surface area contributed by atoms with Crippen LogP contribution in [0.3, 0.4) is 0 Å². The molecule has 1 N–H and O–H groups in total. The zero-order valence-electron chi connectivity index (χ0n) is 17.0. The van der Waals surface area contributed by atoms with E-state index in [1.807, 2.05) is 18.2 Å². The first-order valence-corrected chi connectivity index (χ1v) is 10.1. The number of rotatable bonds is 6. The number of aromatic nitrogens is 2. The molecule has 6 nitrogen and oxygen atoms in total. The number of para-hydroxylation sites is 1. The Bertz CT molecular complexity index is 839. The number of carbonyl (C=O) groups is 1. The Morgan fingerprint density at radius 2 is 1.82 bits per heavy atom. The van der Waals surface area contributed by atoms with Crippen molar-refractivity contribution in [2.75, 3.05) is 19.6 Å². The Morgan fingerprint density at radius 3 is 2.46 bits per heavy atom. The Morgan fingerprint density at radius 1 is 1.14 bits per heavy atom. The lowest BCUT2D eigenvalue weighted by molar-refractivity contribution is 0.0857. The van der Waals surface area contributed by atoms with Crippen LogP contribution < -0.4 is 10.9 Å². The van der Waals surface area contributed by atoms with Crippen LogP contribution in [-0.2, 0) is 0 Å². The van der Waals surface area contributed by atoms with Gasteiger partial charge in [-0.05, 0) is 56.0 Å². The fourth-order valence-electron chi connectivity index (χ4n) is 3.72. The van der Waals surface area contributed by atoms with Crippen LogP contribution in [0.25, 0.3) is 5.69 Å². The number of piperidine rings is 1. The van der Waals surface area contributed by atoms with Crippen molar-refractivity contribution in [3.63, 3.8) is 0 Å². The largest absolute Gasteiger partial charge is 0.349 e. The summed E-state index contributed by atoms with van der Waals surface area (Å²) in [5.74, 6) is 0.975. The molecule has 1 atom stereocenters. The van der Waals surface area contributed by atoms with Crippen molar-refractivity contribution in [2.45, 2.75) is 39.7 Å². The molecule has 3 rings (SSSR count). The van der Waals surface area contributed by atoms with Gasteiger partial charge in [-0.3, -0.25) is 14.5 Å². The van der Waals surface area contributed by atoms with E-state index in [0.29, 0.717) is 24.2 Å². The van der Waals surface area contributed by atoms with E-state index in [9.17, 15) is 9.59 Å². The summed E-state index contributed by atoms with van der Waals surface area (Å²) >= 11 is 0. The number of carbonyl (C=O) groups excluding carboxylic acids is 1. The summed E-state index contributed by atoms with van der Waals surface area (Å²) in [7, 11) is 0. The number of likely N-dealkylation sites (tertiary alicyclic amines) is 1. The molecule has 0 aliphatic carbocycles. The summed E-state index contributed by atoms with van der Waals surface area (Å²) in [6.07, 6.45) is 2.42. The smallest absolute Gasteiger partial charge is 0.271 e. The van der Waals surface area contributed by atoms with Crippen LogP contribution in [-0.4, -0.2) is 46.3 Å². The van der Waals surface area contributed by atoms with Crippen molar-refractivity contribution in [1.29, 1.82) is 0 Å². The van der Waals surface area contributed by atoms with Gasteiger partial charge in [0.25, 0.3) is 11.5 Å². The van der Waals surface area contributed by atoms with Crippen LogP contribution in [0.4, 0.5) is 0 Å². The topological polar surface area (TPSA) is 67.2 Å². The predicted molar refractivity (Wildman–Crippen MR) is 111 cm³/mol. The van der Waals surface area contributed by atoms with Crippen molar-refractivity contribution in [3.8, 4) is 5.69 Å². The van der Waals surface area contributed by atoms with Gasteiger partial charge in [0.15, 0.2) is 0 Å². The summed E-state index contributed by atoms with van der Waals surface area (Å²) in [6, 6.07) is 12.3. The predicted octanol–water partition coefficient (Wildman–Crippen LogP) is 2.72. The van der Waals surface area contributed by atoms with Gasteiger partial charge in [-0.2, -0.15) is 9.78 Å². The van der Waals surface area contributed by atoms with Gasteiger partial charge >= 0.3 is 0 Å². The molecule has 0 saturated carbocycles. The van der Waals surface area contributed by atoms with Crippen LogP contribution in [0.5, 0.6) is 0 Å². The van der Waals surface area contributed by atoms with Gasteiger partial charge < -0.3 is 5.32 Å². The van der Waals surface area contributed by atoms with Crippen LogP contribution in [0.15, 0.2) is 47.3 Å². The lowest BCUT2D eigenvalue weighted by atomic mass is 9.94. The minimum absolute atomic E-state index is 0.248. The van der Waals surface area contributed by atoms with E-state index in [1.54, 1.807) is 12.1 Å². The van der Waals surface area contributed by atoms with Crippen molar-refractivity contribution in [3.05, 3.63) is 58.5 Å². The molecule has 0 radical (unpaired) electrons. The molecule has 28 heavy (non-hydrogen) atoms. The maximum absolute atomic E-state index is 12.7. The molecule has 6 heteroatoms. The molecule has 2 aromatic rings. The minimum Gasteiger partial charge on any atom is -0.349 e. The van der Waals surface area contributed by atoms with Crippen LogP contribution in [0.2, 0.25) is 0 Å². The molecular formula is C22H30N4O2. The van der Waals surface area contributed by atoms with E-state index >= 15 is 0 Å². The standard InChI is InChI=1S/C22H30N4O2/c1-16(2)20(25-13-11-17(3)12-14-25)15-23-22(28)19-9-10-21(27)26(24-19)18-7-5-4-6-8-18/h4-10,16-17,20H,11-15H2,1-3H3,(H,23,28). The average molecular weight is 383 g/mol. The second-order valence-electron chi connectivity index (χ2n) is 8.04. The van der Waals surface area contributed by atoms with Gasteiger partial charge in [-0.1, -0.05) is 39.0 Å². The third-order valence-electron chi connectivity index (χ3n) is 5.56. The van der Waals surface area contributed by atoms with Gasteiger partial charge in [0.2, 0.25) is 0 Å². The third-order valence-corrected chi connectivity index (χ3v) is 5.56. The molecule has 1 aromatic heterocycles. The summed E-state index contributed by atoms with van der Waals surface area (Å²) in [5.41, 5.74) is 0.633. The van der Waals surface area contributed by atoms with Gasteiger partial charge in [0.1, 0.15) is 5.69 Å². The fraction of sp³-hybridized carbons (Fsp3) is 0.500. The van der Waals surface area contributed by atoms with E-state index in [4.69, 9.17) is 0 Å². The Labute approximate surface area is 166 Å². The van der Waals surface area contributed by atoms with Crippen molar-refractivity contribution >= 4 is 5.91 Å². The number of nitrogens with zero attached hydrogens (tertiary/aromatic N) is 3. The van der Waals surface area contributed by atoms with Crippen molar-refractivity contribution < 1.29 is 4.79 Å². The zero-order valence-corrected chi connectivity index (χ0v) is 17.0. The molecule has 2 heterocycles. The molecule has 1 fully saturated rings. The van der Waals surface area contributed by atoms with E-state index in [1.165, 1.54) is 29.7 Å². The molecule has 0 bridgehead atoms. The highest BCUT2D eigenvalue weighted by atomic mass is 16.2. The van der Waals surface area contributed by atoms with Crippen molar-refractivity contribution in [1.82, 2.24) is 20.0 Å². The maximum Gasteiger partial charge on any atom is 0.271 e. The fourth-order valence-corrected chi connectivity index (χ4v) is 3.72. The molecule has 1 saturated heterocycles. The van der Waals surface area contributed by atoms with Gasteiger partial charge in [-0.25, -0.2) is 0 Å². The Kier molecular flexibility index (Phi) is 6.62. The SMILES string of the molecule is CC1CCN(C(CNC(=O)c2ccc(=O)n(-c3ccccc3)n2)C(C)C)CC1. The van der Waals surface area contributed by atoms with E-state index in [-0.39, 0.29) is 17.2 Å². The quantitative estimate of drug-likeness (QED) is 0.834. The highest BCUT2D eigenvalue weighted by Gasteiger charge is 2.26. The number of nitrogens with one attached hydrogen (secondary N) is 1. The minimum atomic E-state index is -0.259. The monoisotopic (exact) mass is 382 g/mol. The summed E-state index contributed by atoms with van der Waals surface area (Å²) in [6.45, 7) is 9.44. The first-order valence-electron chi connectivity index (χ1n) is 10.1. The summed E-state index contributed by atoms with van der Waals surface area (Å²) in [5, 5.41) is 7.29. The normalized spacial score (nSPS) is 16.9. The Balaban J connectivity index is 1.69. The average Bonchev–Trinajstić information content (AvgIpc) is 2.70. The number of hydrogen-bond donors (Lipinski definition) is 1. The van der Waals surface area contributed by atoms with Crippen molar-refractivity contribution in [2.24, 2.45) is 11.8 Å². The van der Waals surface area contributed by atoms with Crippen LogP contribution >= 0.6 is 0 Å². The first-order chi connectivity index (χ1) is 13.5. The van der Waals surface area contributed by atoms with Gasteiger partial charge in [-0.15, -0.1) is 0 Å². The highest BCUT2D eigenvalue weighted by Crippen LogP contribution is 2.21. The molecule has 1 amide bonds. The molecule has 1 aromatic carbocycles. The molecule has 1 aliphatic rings. The third kappa shape index (κ3) is 4.87. The number of hydrogen-bond acceptors (Lipinski definition) is 4. The summed E-state index contributed by atoms with van der Waals surface area (Å²) < 4.78 is 1.26. The van der Waals surface area contributed by atoms with Crippen LogP contribution in [0, 0.1) is 11.8 Å².